The van der Waals surface area contributed by atoms with E-state index in [4.69, 9.17) is 21.4 Å². The fourth-order valence-electron chi connectivity index (χ4n) is 4.18. The van der Waals surface area contributed by atoms with E-state index in [1.165, 1.54) is 6.08 Å². The number of hydrogen-bond acceptors (Lipinski definition) is 2. The maximum absolute atomic E-state index is 16.4. The van der Waals surface area contributed by atoms with Gasteiger partial charge in [-0.05, 0) is 48.2 Å². The first-order valence-corrected chi connectivity index (χ1v) is 11.6. The molecule has 1 aliphatic rings. The predicted octanol–water partition coefficient (Wildman–Crippen LogP) is 7.81. The second-order valence-corrected chi connectivity index (χ2v) is 8.92. The van der Waals surface area contributed by atoms with Crippen LogP contribution in [0.5, 0.6) is 5.75 Å². The van der Waals surface area contributed by atoms with Gasteiger partial charge in [-0.3, -0.25) is 4.79 Å². The Hall–Kier alpha value is -3.37. The Morgan fingerprint density at radius 3 is 2.56 bits per heavy atom. The molecule has 0 fully saturated rings. The lowest BCUT2D eigenvalue weighted by Crippen LogP contribution is -2.20. The number of carbonyl (C=O) groups is 1. The first-order chi connectivity index (χ1) is 16.4. The number of para-hydroxylation sites is 1. The normalized spacial score (nSPS) is 17.3. The molecule has 0 aliphatic heterocycles. The van der Waals surface area contributed by atoms with Crippen LogP contribution in [0.25, 0.3) is 11.1 Å². The number of hydrogen-bond donors (Lipinski definition) is 1. The van der Waals surface area contributed by atoms with Gasteiger partial charge in [-0.25, -0.2) is 4.39 Å². The smallest absolute Gasteiger partial charge is 0.303 e. The van der Waals surface area contributed by atoms with Crippen molar-refractivity contribution in [1.29, 1.82) is 0 Å². The van der Waals surface area contributed by atoms with Crippen LogP contribution in [0.1, 0.15) is 36.0 Å². The predicted molar refractivity (Wildman–Crippen MR) is 134 cm³/mol. The lowest BCUT2D eigenvalue weighted by atomic mass is 9.84. The van der Waals surface area contributed by atoms with E-state index in [1.807, 2.05) is 67.6 Å². The number of benzene rings is 3. The second kappa shape index (κ2) is 10.3. The number of halogens is 2. The SMILES string of the molecule is Cc1cc(Cl)ccc1-c1cccc(C2(F)C=CC(CCC(=O)O)=CC2)c1OCc1ccccc1. The van der Waals surface area contributed by atoms with Gasteiger partial charge in [-0.2, -0.15) is 0 Å². The first-order valence-electron chi connectivity index (χ1n) is 11.2. The van der Waals surface area contributed by atoms with Gasteiger partial charge >= 0.3 is 5.97 Å². The lowest BCUT2D eigenvalue weighted by molar-refractivity contribution is -0.136. The minimum atomic E-state index is -1.77. The topological polar surface area (TPSA) is 46.5 Å². The zero-order valence-corrected chi connectivity index (χ0v) is 19.7. The van der Waals surface area contributed by atoms with Crippen LogP contribution in [0.3, 0.4) is 0 Å². The summed E-state index contributed by atoms with van der Waals surface area (Å²) in [5.41, 5.74) is 3.18. The van der Waals surface area contributed by atoms with E-state index in [1.54, 1.807) is 18.2 Å². The average molecular weight is 477 g/mol. The molecule has 1 N–H and O–H groups in total. The standard InChI is InChI=1S/C29H26ClFO3/c1-20-18-23(30)11-12-24(20)25-8-5-9-26(28(25)34-19-22-6-3-2-4-7-22)29(31)16-14-21(15-17-29)10-13-27(32)33/h2-9,11-12,14-16,18H,10,13,17,19H2,1H3,(H,32,33). The second-order valence-electron chi connectivity index (χ2n) is 8.49. The molecular weight excluding hydrogens is 451 g/mol. The Morgan fingerprint density at radius 1 is 1.09 bits per heavy atom. The van der Waals surface area contributed by atoms with Crippen LogP contribution in [0.15, 0.2) is 90.5 Å². The van der Waals surface area contributed by atoms with Gasteiger partial charge in [0.15, 0.2) is 5.67 Å². The number of rotatable bonds is 8. The Kier molecular flexibility index (Phi) is 7.18. The van der Waals surface area contributed by atoms with Gasteiger partial charge in [0.1, 0.15) is 12.4 Å². The molecule has 0 aromatic heterocycles. The van der Waals surface area contributed by atoms with Crippen molar-refractivity contribution in [2.75, 3.05) is 0 Å². The third kappa shape index (κ3) is 5.40. The monoisotopic (exact) mass is 476 g/mol. The van der Waals surface area contributed by atoms with Crippen LogP contribution in [0.4, 0.5) is 4.39 Å². The largest absolute Gasteiger partial charge is 0.488 e. The van der Waals surface area contributed by atoms with E-state index in [0.29, 0.717) is 29.4 Å². The van der Waals surface area contributed by atoms with Crippen LogP contribution in [0, 0.1) is 6.92 Å². The molecule has 1 atom stereocenters. The van der Waals surface area contributed by atoms with Crippen molar-refractivity contribution < 1.29 is 19.0 Å². The molecule has 3 aromatic carbocycles. The fourth-order valence-corrected chi connectivity index (χ4v) is 4.41. The average Bonchev–Trinajstić information content (AvgIpc) is 2.83. The van der Waals surface area contributed by atoms with E-state index >= 15 is 4.39 Å². The Labute approximate surface area is 204 Å². The Balaban J connectivity index is 1.73. The third-order valence-electron chi connectivity index (χ3n) is 6.02. The number of aryl methyl sites for hydroxylation is 1. The molecule has 0 spiro atoms. The van der Waals surface area contributed by atoms with Gasteiger partial charge in [0.25, 0.3) is 0 Å². The molecule has 0 radical (unpaired) electrons. The summed E-state index contributed by atoms with van der Waals surface area (Å²) in [6.45, 7) is 2.27. The molecule has 1 unspecified atom stereocenters. The van der Waals surface area contributed by atoms with E-state index in [2.05, 4.69) is 0 Å². The van der Waals surface area contributed by atoms with Crippen molar-refractivity contribution in [1.82, 2.24) is 0 Å². The minimum absolute atomic E-state index is 0.0201. The molecule has 1 aliphatic carbocycles. The third-order valence-corrected chi connectivity index (χ3v) is 6.25. The highest BCUT2D eigenvalue weighted by atomic mass is 35.5. The molecule has 3 nitrogen and oxygen atoms in total. The lowest BCUT2D eigenvalue weighted by Gasteiger charge is -2.28. The number of aliphatic carboxylic acids is 1. The minimum Gasteiger partial charge on any atom is -0.488 e. The first kappa shape index (κ1) is 23.8. The fraction of sp³-hybridized carbons (Fsp3) is 0.207. The quantitative estimate of drug-likeness (QED) is 0.360. The van der Waals surface area contributed by atoms with Gasteiger partial charge in [0.2, 0.25) is 0 Å². The molecule has 0 bridgehead atoms. The molecule has 174 valence electrons. The van der Waals surface area contributed by atoms with Gasteiger partial charge < -0.3 is 9.84 Å². The molecule has 0 saturated heterocycles. The van der Waals surface area contributed by atoms with Crippen molar-refractivity contribution in [3.05, 3.63) is 112 Å². The molecule has 34 heavy (non-hydrogen) atoms. The summed E-state index contributed by atoms with van der Waals surface area (Å²) in [6, 6.07) is 20.9. The molecule has 0 amide bonds. The Morgan fingerprint density at radius 2 is 1.88 bits per heavy atom. The van der Waals surface area contributed by atoms with E-state index in [0.717, 1.165) is 27.8 Å². The summed E-state index contributed by atoms with van der Waals surface area (Å²) in [7, 11) is 0. The number of alkyl halides is 1. The summed E-state index contributed by atoms with van der Waals surface area (Å²) < 4.78 is 22.7. The highest BCUT2D eigenvalue weighted by molar-refractivity contribution is 6.30. The van der Waals surface area contributed by atoms with E-state index < -0.39 is 11.6 Å². The van der Waals surface area contributed by atoms with Gasteiger partial charge in [-0.1, -0.05) is 83.9 Å². The molecular formula is C29H26ClFO3. The van der Waals surface area contributed by atoms with Gasteiger partial charge in [0.05, 0.1) is 0 Å². The maximum Gasteiger partial charge on any atom is 0.303 e. The molecule has 0 heterocycles. The van der Waals surface area contributed by atoms with Crippen LogP contribution in [0.2, 0.25) is 5.02 Å². The zero-order valence-electron chi connectivity index (χ0n) is 18.9. The summed E-state index contributed by atoms with van der Waals surface area (Å²) in [4.78, 5) is 10.9. The van der Waals surface area contributed by atoms with Gasteiger partial charge in [0, 0.05) is 29.0 Å². The molecule has 5 heteroatoms. The molecule has 4 rings (SSSR count). The van der Waals surface area contributed by atoms with Crippen LogP contribution >= 0.6 is 11.6 Å². The van der Waals surface area contributed by atoms with Crippen LogP contribution in [-0.2, 0) is 17.1 Å². The molecule has 3 aromatic rings. The van der Waals surface area contributed by atoms with Crippen molar-refractivity contribution in [2.24, 2.45) is 0 Å². The summed E-state index contributed by atoms with van der Waals surface area (Å²) in [6.07, 6.45) is 5.50. The number of ether oxygens (including phenoxy) is 1. The van der Waals surface area contributed by atoms with Crippen molar-refractivity contribution in [3.63, 3.8) is 0 Å². The van der Waals surface area contributed by atoms with Crippen molar-refractivity contribution in [2.45, 2.75) is 38.5 Å². The highest BCUT2D eigenvalue weighted by Crippen LogP contribution is 2.46. The molecule has 0 saturated carbocycles. The number of allylic oxidation sites excluding steroid dienone is 4. The maximum atomic E-state index is 16.4. The highest BCUT2D eigenvalue weighted by Gasteiger charge is 2.34. The van der Waals surface area contributed by atoms with Crippen molar-refractivity contribution >= 4 is 17.6 Å². The van der Waals surface area contributed by atoms with Crippen LogP contribution in [-0.4, -0.2) is 11.1 Å². The summed E-state index contributed by atoms with van der Waals surface area (Å²) in [5, 5.41) is 9.58. The van der Waals surface area contributed by atoms with E-state index in [-0.39, 0.29) is 12.8 Å². The summed E-state index contributed by atoms with van der Waals surface area (Å²) >= 11 is 6.18. The summed E-state index contributed by atoms with van der Waals surface area (Å²) in [5.74, 6) is -0.375. The number of carboxylic acids is 1. The van der Waals surface area contributed by atoms with Crippen LogP contribution < -0.4 is 4.74 Å². The Bertz CT molecular complexity index is 1250. The van der Waals surface area contributed by atoms with Crippen molar-refractivity contribution in [3.8, 4) is 16.9 Å². The zero-order chi connectivity index (χ0) is 24.1. The van der Waals surface area contributed by atoms with Gasteiger partial charge in [-0.15, -0.1) is 0 Å². The number of carboxylic acid groups (broad SMARTS) is 1. The van der Waals surface area contributed by atoms with E-state index in [9.17, 15) is 4.79 Å².